The molecule has 29 heavy (non-hydrogen) atoms. The van der Waals surface area contributed by atoms with Gasteiger partial charge in [0, 0.05) is 21.5 Å². The van der Waals surface area contributed by atoms with Gasteiger partial charge in [-0.25, -0.2) is 4.98 Å². The summed E-state index contributed by atoms with van der Waals surface area (Å²) in [6.07, 6.45) is 0. The highest BCUT2D eigenvalue weighted by molar-refractivity contribution is 7.80. The minimum absolute atomic E-state index is 0.510. The van der Waals surface area contributed by atoms with E-state index < -0.39 is 0 Å². The monoisotopic (exact) mass is 438 g/mol. The number of methoxy groups -OCH3 is 1. The van der Waals surface area contributed by atoms with Crippen LogP contribution in [-0.2, 0) is 4.74 Å². The molecule has 0 saturated heterocycles. The van der Waals surface area contributed by atoms with E-state index >= 15 is 0 Å². The highest BCUT2D eigenvalue weighted by atomic mass is 32.1. The van der Waals surface area contributed by atoms with Crippen LogP contribution in [0.1, 0.15) is 9.75 Å². The maximum absolute atomic E-state index is 5.83. The molecule has 0 spiro atoms. The van der Waals surface area contributed by atoms with E-state index in [2.05, 4.69) is 12.2 Å². The lowest BCUT2D eigenvalue weighted by atomic mass is 10.2. The Balaban J connectivity index is 1.45. The number of anilines is 2. The van der Waals surface area contributed by atoms with Crippen LogP contribution >= 0.6 is 34.9 Å². The molecule has 4 nitrogen and oxygen atoms in total. The highest BCUT2D eigenvalue weighted by Crippen LogP contribution is 2.34. The number of aryl methyl sites for hydroxylation is 1. The molecule has 146 valence electrons. The van der Waals surface area contributed by atoms with Gasteiger partial charge < -0.3 is 14.8 Å². The van der Waals surface area contributed by atoms with Crippen molar-refractivity contribution >= 4 is 50.8 Å². The molecule has 0 bridgehead atoms. The molecular weight excluding hydrogens is 420 g/mol. The fourth-order valence-corrected chi connectivity index (χ4v) is 4.61. The van der Waals surface area contributed by atoms with Crippen LogP contribution in [0.3, 0.4) is 0 Å². The predicted octanol–water partition coefficient (Wildman–Crippen LogP) is 7.04. The van der Waals surface area contributed by atoms with E-state index in [0.29, 0.717) is 5.05 Å². The predicted molar refractivity (Wildman–Crippen MR) is 125 cm³/mol. The van der Waals surface area contributed by atoms with Gasteiger partial charge in [-0.1, -0.05) is 18.2 Å². The Labute approximate surface area is 182 Å². The quantitative estimate of drug-likeness (QED) is 0.327. The van der Waals surface area contributed by atoms with Gasteiger partial charge in [-0.3, -0.25) is 0 Å². The van der Waals surface area contributed by atoms with E-state index in [4.69, 9.17) is 26.7 Å². The molecule has 4 rings (SSSR count). The molecule has 0 radical (unpaired) electrons. The van der Waals surface area contributed by atoms with Crippen molar-refractivity contribution in [1.82, 2.24) is 4.98 Å². The van der Waals surface area contributed by atoms with Crippen LogP contribution in [0.25, 0.3) is 11.3 Å². The van der Waals surface area contributed by atoms with Crippen molar-refractivity contribution in [2.75, 3.05) is 12.4 Å². The first-order valence-corrected chi connectivity index (χ1v) is 11.0. The molecule has 2 heterocycles. The fraction of sp³-hybridized carbons (Fsp3) is 0.0909. The van der Waals surface area contributed by atoms with Crippen molar-refractivity contribution < 1.29 is 9.47 Å². The zero-order valence-corrected chi connectivity index (χ0v) is 18.3. The molecule has 0 fully saturated rings. The van der Waals surface area contributed by atoms with Crippen LogP contribution in [-0.4, -0.2) is 17.1 Å². The van der Waals surface area contributed by atoms with Crippen LogP contribution < -0.4 is 10.1 Å². The lowest BCUT2D eigenvalue weighted by molar-refractivity contribution is 0.417. The molecule has 0 aliphatic carbocycles. The average Bonchev–Trinajstić information content (AvgIpc) is 3.36. The summed E-state index contributed by atoms with van der Waals surface area (Å²) in [5, 5.41) is 6.74. The number of rotatable bonds is 6. The zero-order valence-electron chi connectivity index (χ0n) is 15.8. The Morgan fingerprint density at radius 1 is 1.03 bits per heavy atom. The standard InChI is InChI=1S/C22H18N2O2S3/c1-14-18(12-20(29-14)21(27)25-2)19-13-28-22(24-19)23-15-8-10-17(11-9-15)26-16-6-4-3-5-7-16/h3-13H,1-2H3,(H,23,24). The summed E-state index contributed by atoms with van der Waals surface area (Å²) in [7, 11) is 1.60. The van der Waals surface area contributed by atoms with Crippen LogP contribution in [0.15, 0.2) is 66.0 Å². The Morgan fingerprint density at radius 3 is 2.48 bits per heavy atom. The number of para-hydroxylation sites is 1. The summed E-state index contributed by atoms with van der Waals surface area (Å²) in [6, 6.07) is 19.6. The molecule has 2 aromatic heterocycles. The molecule has 0 amide bonds. The van der Waals surface area contributed by atoms with Gasteiger partial charge in [-0.2, -0.15) is 0 Å². The number of hydrogen-bond donors (Lipinski definition) is 1. The summed E-state index contributed by atoms with van der Waals surface area (Å²) in [4.78, 5) is 6.84. The van der Waals surface area contributed by atoms with Gasteiger partial charge in [0.15, 0.2) is 5.13 Å². The van der Waals surface area contributed by atoms with E-state index in [1.54, 1.807) is 29.8 Å². The van der Waals surface area contributed by atoms with E-state index in [9.17, 15) is 0 Å². The van der Waals surface area contributed by atoms with Crippen molar-refractivity contribution in [3.8, 4) is 22.8 Å². The third-order valence-electron chi connectivity index (χ3n) is 4.17. The number of nitrogens with zero attached hydrogens (tertiary/aromatic N) is 1. The lowest BCUT2D eigenvalue weighted by Crippen LogP contribution is -1.94. The topological polar surface area (TPSA) is 43.4 Å². The second kappa shape index (κ2) is 8.73. The fourth-order valence-electron chi connectivity index (χ4n) is 2.75. The van der Waals surface area contributed by atoms with Crippen LogP contribution in [0.2, 0.25) is 0 Å². The molecule has 0 unspecified atom stereocenters. The Morgan fingerprint density at radius 2 is 1.76 bits per heavy atom. The van der Waals surface area contributed by atoms with Crippen molar-refractivity contribution in [1.29, 1.82) is 0 Å². The van der Waals surface area contributed by atoms with Crippen molar-refractivity contribution in [2.45, 2.75) is 6.92 Å². The van der Waals surface area contributed by atoms with E-state index in [-0.39, 0.29) is 0 Å². The molecule has 0 atom stereocenters. The largest absolute Gasteiger partial charge is 0.486 e. The van der Waals surface area contributed by atoms with Gasteiger partial charge in [0.05, 0.1) is 17.7 Å². The lowest BCUT2D eigenvalue weighted by Gasteiger charge is -2.07. The Hall–Kier alpha value is -2.74. The number of thiophene rings is 1. The van der Waals surface area contributed by atoms with Crippen LogP contribution in [0, 0.1) is 6.92 Å². The second-order valence-electron chi connectivity index (χ2n) is 6.17. The molecule has 7 heteroatoms. The smallest absolute Gasteiger partial charge is 0.201 e. The minimum Gasteiger partial charge on any atom is -0.486 e. The molecular formula is C22H18N2O2S3. The van der Waals surface area contributed by atoms with Crippen LogP contribution in [0.5, 0.6) is 11.5 Å². The Bertz CT molecular complexity index is 1120. The molecule has 2 aromatic carbocycles. The maximum Gasteiger partial charge on any atom is 0.201 e. The molecule has 1 N–H and O–H groups in total. The van der Waals surface area contributed by atoms with E-state index in [1.807, 2.05) is 66.0 Å². The number of aromatic nitrogens is 1. The molecule has 0 aliphatic heterocycles. The van der Waals surface area contributed by atoms with Crippen molar-refractivity contribution in [2.24, 2.45) is 0 Å². The maximum atomic E-state index is 5.83. The number of nitrogens with one attached hydrogen (secondary N) is 1. The van der Waals surface area contributed by atoms with Gasteiger partial charge in [-0.15, -0.1) is 22.7 Å². The molecule has 0 aliphatic rings. The number of ether oxygens (including phenoxy) is 2. The van der Waals surface area contributed by atoms with Gasteiger partial charge in [0.1, 0.15) is 11.5 Å². The average molecular weight is 439 g/mol. The van der Waals surface area contributed by atoms with Crippen LogP contribution in [0.4, 0.5) is 10.8 Å². The third kappa shape index (κ3) is 4.64. The summed E-state index contributed by atoms with van der Waals surface area (Å²) < 4.78 is 11.0. The first kappa shape index (κ1) is 19.6. The highest BCUT2D eigenvalue weighted by Gasteiger charge is 2.14. The van der Waals surface area contributed by atoms with Gasteiger partial charge in [-0.05, 0) is 61.6 Å². The number of thiocarbonyl (C=S) groups is 1. The SMILES string of the molecule is COC(=S)c1cc(-c2csc(Nc3ccc(Oc4ccccc4)cc3)n2)c(C)s1. The molecule has 0 saturated carbocycles. The van der Waals surface area contributed by atoms with Gasteiger partial charge in [0.25, 0.3) is 0 Å². The van der Waals surface area contributed by atoms with Gasteiger partial charge in [0.2, 0.25) is 5.05 Å². The van der Waals surface area contributed by atoms with E-state index in [0.717, 1.165) is 38.5 Å². The third-order valence-corrected chi connectivity index (χ3v) is 6.49. The summed E-state index contributed by atoms with van der Waals surface area (Å²) in [6.45, 7) is 2.07. The van der Waals surface area contributed by atoms with Crippen molar-refractivity contribution in [3.05, 3.63) is 75.8 Å². The summed E-state index contributed by atoms with van der Waals surface area (Å²) in [5.74, 6) is 1.60. The minimum atomic E-state index is 0.510. The molecule has 4 aromatic rings. The first-order valence-electron chi connectivity index (χ1n) is 8.87. The zero-order chi connectivity index (χ0) is 20.2. The second-order valence-corrected chi connectivity index (χ2v) is 8.66. The normalized spacial score (nSPS) is 10.6. The number of benzene rings is 2. The van der Waals surface area contributed by atoms with E-state index in [1.165, 1.54) is 4.88 Å². The number of thiazole rings is 1. The van der Waals surface area contributed by atoms with Crippen molar-refractivity contribution in [3.63, 3.8) is 0 Å². The Kier molecular flexibility index (Phi) is 5.89. The summed E-state index contributed by atoms with van der Waals surface area (Å²) in [5.41, 5.74) is 2.97. The first-order chi connectivity index (χ1) is 14.1. The van der Waals surface area contributed by atoms with Gasteiger partial charge >= 0.3 is 0 Å². The number of hydrogen-bond acceptors (Lipinski definition) is 7. The summed E-state index contributed by atoms with van der Waals surface area (Å²) >= 11 is 8.42.